The number of nitrogens with one attached hydrogen (secondary N) is 3. The number of rotatable bonds is 8. The lowest BCUT2D eigenvalue weighted by Crippen LogP contribution is -3.12. The van der Waals surface area contributed by atoms with Gasteiger partial charge in [0.25, 0.3) is 11.7 Å². The van der Waals surface area contributed by atoms with Crippen molar-refractivity contribution in [3.05, 3.63) is 78.0 Å². The normalized spacial score (nSPS) is 19.4. The smallest absolute Gasteiger partial charge is 0.257 e. The molecule has 0 saturated carbocycles. The quantitative estimate of drug-likeness (QED) is 0.391. The first kappa shape index (κ1) is 25.6. The van der Waals surface area contributed by atoms with Gasteiger partial charge in [-0.25, -0.2) is 9.88 Å². The predicted molar refractivity (Wildman–Crippen MR) is 142 cm³/mol. The number of pyridine rings is 1. The van der Waals surface area contributed by atoms with Gasteiger partial charge < -0.3 is 25.4 Å². The Labute approximate surface area is 221 Å². The summed E-state index contributed by atoms with van der Waals surface area (Å²) in [5, 5.41) is 15.3. The van der Waals surface area contributed by atoms with E-state index in [0.29, 0.717) is 44.4 Å². The molecule has 1 fully saturated rings. The molecular formula is C27H32N7O4+. The van der Waals surface area contributed by atoms with Gasteiger partial charge in [0.2, 0.25) is 5.91 Å². The van der Waals surface area contributed by atoms with Gasteiger partial charge in [0.05, 0.1) is 38.0 Å². The van der Waals surface area contributed by atoms with Gasteiger partial charge in [-0.2, -0.15) is 4.99 Å². The molecule has 1 unspecified atom stereocenters. The number of nitrogens with zero attached hydrogens (tertiary/aromatic N) is 4. The van der Waals surface area contributed by atoms with E-state index in [1.807, 2.05) is 36.7 Å². The molecule has 2 aromatic rings. The number of hydrogen-bond donors (Lipinski definition) is 4. The molecule has 3 aliphatic rings. The summed E-state index contributed by atoms with van der Waals surface area (Å²) in [6.45, 7) is 4.57. The Morgan fingerprint density at radius 3 is 2.82 bits per heavy atom. The van der Waals surface area contributed by atoms with Crippen LogP contribution in [0.1, 0.15) is 22.8 Å². The molecule has 1 aromatic carbocycles. The molecule has 38 heavy (non-hydrogen) atoms. The van der Waals surface area contributed by atoms with Gasteiger partial charge in [-0.15, -0.1) is 0 Å². The van der Waals surface area contributed by atoms with E-state index in [1.165, 1.54) is 0 Å². The van der Waals surface area contributed by atoms with Crippen LogP contribution in [0.3, 0.4) is 0 Å². The Hall–Kier alpha value is -4.06. The first-order valence-corrected chi connectivity index (χ1v) is 12.7. The summed E-state index contributed by atoms with van der Waals surface area (Å²) in [7, 11) is 0. The van der Waals surface area contributed by atoms with Crippen LogP contribution in [0.2, 0.25) is 0 Å². The number of benzene rings is 1. The molecule has 11 nitrogen and oxygen atoms in total. The Morgan fingerprint density at radius 1 is 1.21 bits per heavy atom. The molecule has 3 aliphatic heterocycles. The maximum atomic E-state index is 12.7. The number of morpholine rings is 1. The van der Waals surface area contributed by atoms with Crippen molar-refractivity contribution in [1.29, 1.82) is 0 Å². The van der Waals surface area contributed by atoms with E-state index in [0.717, 1.165) is 27.7 Å². The predicted octanol–water partition coefficient (Wildman–Crippen LogP) is 0.0927. The topological polar surface area (TPSA) is 124 Å². The lowest BCUT2D eigenvalue weighted by molar-refractivity contribution is -0.743. The Balaban J connectivity index is 1.31. The number of quaternary nitrogens is 1. The van der Waals surface area contributed by atoms with E-state index < -0.39 is 0 Å². The SMILES string of the molecule is C[C@H](CO)NC(=O)Cc1cccc(N2C=C(Nc3ccc(C(=O)N4CCOCC4)cn3)C3=NC=C[NH+]3C2)c1. The number of amidine groups is 1. The zero-order chi connectivity index (χ0) is 26.5. The van der Waals surface area contributed by atoms with E-state index in [9.17, 15) is 14.7 Å². The third kappa shape index (κ3) is 5.91. The van der Waals surface area contributed by atoms with Crippen LogP contribution in [0.5, 0.6) is 0 Å². The van der Waals surface area contributed by atoms with Crippen molar-refractivity contribution in [3.63, 3.8) is 0 Å². The minimum absolute atomic E-state index is 0.0465. The number of anilines is 2. The average Bonchev–Trinajstić information content (AvgIpc) is 3.43. The second-order valence-electron chi connectivity index (χ2n) is 9.45. The van der Waals surface area contributed by atoms with Gasteiger partial charge in [0, 0.05) is 37.2 Å². The molecule has 0 bridgehead atoms. The third-order valence-electron chi connectivity index (χ3n) is 6.52. The van der Waals surface area contributed by atoms with Crippen LogP contribution in [0.4, 0.5) is 11.5 Å². The largest absolute Gasteiger partial charge is 0.394 e. The number of hydrogen-bond acceptors (Lipinski definition) is 8. The zero-order valence-corrected chi connectivity index (χ0v) is 21.3. The number of carbonyl (C=O) groups excluding carboxylic acids is 2. The van der Waals surface area contributed by atoms with E-state index in [4.69, 9.17) is 4.74 Å². The Kier molecular flexibility index (Phi) is 7.78. The molecule has 2 atom stereocenters. The van der Waals surface area contributed by atoms with Crippen LogP contribution in [-0.2, 0) is 16.0 Å². The lowest BCUT2D eigenvalue weighted by atomic mass is 10.1. The third-order valence-corrected chi connectivity index (χ3v) is 6.52. The highest BCUT2D eigenvalue weighted by Gasteiger charge is 2.31. The second kappa shape index (κ2) is 11.5. The summed E-state index contributed by atoms with van der Waals surface area (Å²) in [5.74, 6) is 1.28. The number of aliphatic imine (C=N–C) groups is 1. The van der Waals surface area contributed by atoms with Gasteiger partial charge in [0.1, 0.15) is 17.7 Å². The van der Waals surface area contributed by atoms with Crippen molar-refractivity contribution in [2.45, 2.75) is 19.4 Å². The highest BCUT2D eigenvalue weighted by atomic mass is 16.5. The molecular weight excluding hydrogens is 486 g/mol. The molecule has 1 aromatic heterocycles. The average molecular weight is 519 g/mol. The molecule has 4 N–H and O–H groups in total. The highest BCUT2D eigenvalue weighted by Crippen LogP contribution is 2.20. The van der Waals surface area contributed by atoms with Crippen LogP contribution >= 0.6 is 0 Å². The summed E-state index contributed by atoms with van der Waals surface area (Å²) in [4.78, 5) is 39.0. The van der Waals surface area contributed by atoms with Crippen molar-refractivity contribution < 1.29 is 24.3 Å². The van der Waals surface area contributed by atoms with E-state index in [-0.39, 0.29) is 30.9 Å². The van der Waals surface area contributed by atoms with Gasteiger partial charge in [-0.1, -0.05) is 12.1 Å². The maximum absolute atomic E-state index is 12.7. The number of fused-ring (bicyclic) bond motifs is 1. The fourth-order valence-corrected chi connectivity index (χ4v) is 4.52. The number of aliphatic hydroxyl groups excluding tert-OH is 1. The number of ether oxygens (including phenoxy) is 1. The van der Waals surface area contributed by atoms with E-state index >= 15 is 0 Å². The highest BCUT2D eigenvalue weighted by molar-refractivity contribution is 5.97. The monoisotopic (exact) mass is 518 g/mol. The molecule has 198 valence electrons. The molecule has 0 spiro atoms. The van der Waals surface area contributed by atoms with Crippen molar-refractivity contribution >= 4 is 29.2 Å². The van der Waals surface area contributed by atoms with Gasteiger partial charge in [0.15, 0.2) is 6.67 Å². The Bertz CT molecular complexity index is 1270. The molecule has 11 heteroatoms. The maximum Gasteiger partial charge on any atom is 0.257 e. The summed E-state index contributed by atoms with van der Waals surface area (Å²) in [6.07, 6.45) is 7.57. The van der Waals surface area contributed by atoms with Crippen molar-refractivity contribution in [3.8, 4) is 0 Å². The lowest BCUT2D eigenvalue weighted by Gasteiger charge is -2.30. The fraction of sp³-hybridized carbons (Fsp3) is 0.333. The van der Waals surface area contributed by atoms with Crippen LogP contribution in [0, 0.1) is 0 Å². The van der Waals surface area contributed by atoms with Crippen LogP contribution in [0.25, 0.3) is 0 Å². The second-order valence-corrected chi connectivity index (χ2v) is 9.45. The first-order chi connectivity index (χ1) is 18.5. The van der Waals surface area contributed by atoms with Crippen LogP contribution in [0.15, 0.2) is 71.9 Å². The minimum Gasteiger partial charge on any atom is -0.394 e. The first-order valence-electron chi connectivity index (χ1n) is 12.7. The number of carbonyl (C=O) groups is 2. The number of amides is 2. The van der Waals surface area contributed by atoms with Gasteiger partial charge >= 0.3 is 0 Å². The molecule has 0 aliphatic carbocycles. The van der Waals surface area contributed by atoms with Gasteiger partial charge in [-0.05, 0) is 36.8 Å². The summed E-state index contributed by atoms with van der Waals surface area (Å²) in [6, 6.07) is 11.1. The molecule has 0 radical (unpaired) electrons. The Morgan fingerprint density at radius 2 is 2.05 bits per heavy atom. The van der Waals surface area contributed by atoms with E-state index in [1.54, 1.807) is 36.4 Å². The summed E-state index contributed by atoms with van der Waals surface area (Å²) >= 11 is 0. The number of aromatic nitrogens is 1. The van der Waals surface area contributed by atoms with Crippen LogP contribution < -0.4 is 20.4 Å². The summed E-state index contributed by atoms with van der Waals surface area (Å²) in [5.41, 5.74) is 3.15. The molecule has 4 heterocycles. The molecule has 2 amide bonds. The molecule has 1 saturated heterocycles. The van der Waals surface area contributed by atoms with Crippen molar-refractivity contribution in [2.75, 3.05) is 49.8 Å². The van der Waals surface area contributed by atoms with Crippen LogP contribution in [-0.4, -0.2) is 78.3 Å². The standard InChI is InChI=1S/C27H31N7O4/c1-19(17-35)30-25(36)14-20-3-2-4-22(13-20)34-16-23(26-28-7-8-33(26)18-34)31-24-6-5-21(15-29-24)27(37)32-9-11-38-12-10-32/h2-8,13,15-16,19,35H,9-12,14,17-18H2,1H3,(H,29,31)(H,30,36)/p+1/t19-/m1/s1. The molecule has 5 rings (SSSR count). The summed E-state index contributed by atoms with van der Waals surface area (Å²) < 4.78 is 5.33. The van der Waals surface area contributed by atoms with Gasteiger partial charge in [-0.3, -0.25) is 14.5 Å². The zero-order valence-electron chi connectivity index (χ0n) is 21.3. The number of aliphatic hydroxyl groups is 1. The fourth-order valence-electron chi connectivity index (χ4n) is 4.52. The van der Waals surface area contributed by atoms with Crippen molar-refractivity contribution in [2.24, 2.45) is 4.99 Å². The van der Waals surface area contributed by atoms with E-state index in [2.05, 4.69) is 25.5 Å². The minimum atomic E-state index is -0.284. The van der Waals surface area contributed by atoms with Crippen molar-refractivity contribution in [1.82, 2.24) is 15.2 Å².